The first-order chi connectivity index (χ1) is 7.84. The predicted molar refractivity (Wildman–Crippen MR) is 62.0 cm³/mol. The van der Waals surface area contributed by atoms with Gasteiger partial charge in [-0.1, -0.05) is 0 Å². The van der Waals surface area contributed by atoms with Gasteiger partial charge in [0.1, 0.15) is 0 Å². The molecule has 4 heteroatoms. The van der Waals surface area contributed by atoms with Crippen molar-refractivity contribution in [2.75, 3.05) is 13.2 Å². The summed E-state index contributed by atoms with van der Waals surface area (Å²) in [6, 6.07) is 0. The van der Waals surface area contributed by atoms with Crippen molar-refractivity contribution in [2.24, 2.45) is 0 Å². The van der Waals surface area contributed by atoms with Gasteiger partial charge in [-0.15, -0.1) is 0 Å². The van der Waals surface area contributed by atoms with E-state index in [2.05, 4.69) is 5.32 Å². The summed E-state index contributed by atoms with van der Waals surface area (Å²) < 4.78 is 0. The summed E-state index contributed by atoms with van der Waals surface area (Å²) in [7, 11) is 0. The number of nitrogens with one attached hydrogen (secondary N) is 1. The first-order valence-corrected chi connectivity index (χ1v) is 5.12. The zero-order valence-corrected chi connectivity index (χ0v) is 11.1. The van der Waals surface area contributed by atoms with E-state index in [-0.39, 0.29) is 32.0 Å². The molecule has 0 aromatic heterocycles. The number of amides is 1. The topological polar surface area (TPSA) is 49.3 Å². The van der Waals surface area contributed by atoms with Crippen LogP contribution in [-0.4, -0.2) is 24.2 Å². The van der Waals surface area contributed by atoms with Crippen LogP contribution in [0.3, 0.4) is 0 Å². The Morgan fingerprint density at radius 1 is 1.00 bits per heavy atom. The molecule has 90 valence electrons. The summed E-state index contributed by atoms with van der Waals surface area (Å²) in [5.74, 6) is 0.502. The molecule has 0 atom stereocenters. The van der Waals surface area contributed by atoms with Gasteiger partial charge < -0.3 is 10.4 Å². The van der Waals surface area contributed by atoms with Crippen molar-refractivity contribution >= 4 is 5.91 Å². The number of hydrogen-bond acceptors (Lipinski definition) is 2. The summed E-state index contributed by atoms with van der Waals surface area (Å²) in [6.07, 6.45) is 17.1. The van der Waals surface area contributed by atoms with Gasteiger partial charge in [-0.25, -0.2) is 0 Å². The molecule has 0 unspecified atom stereocenters. The molecule has 0 bridgehead atoms. The predicted octanol–water partition coefficient (Wildman–Crippen LogP) is 0.519. The molecule has 2 rings (SSSR count). The summed E-state index contributed by atoms with van der Waals surface area (Å²) in [5, 5.41) is 10.9. The van der Waals surface area contributed by atoms with Gasteiger partial charge in [-0.3, -0.25) is 4.79 Å². The molecule has 2 saturated carbocycles. The Morgan fingerprint density at radius 3 is 1.88 bits per heavy atom. The van der Waals surface area contributed by atoms with E-state index in [1.165, 1.54) is 0 Å². The van der Waals surface area contributed by atoms with Gasteiger partial charge in [-0.2, -0.15) is 0 Å². The van der Waals surface area contributed by atoms with Gasteiger partial charge >= 0.3 is 19.5 Å². The number of rotatable bonds is 3. The number of carbonyl (C=O) groups excluding carboxylic acids is 1. The molecule has 2 aliphatic carbocycles. The van der Waals surface area contributed by atoms with Crippen molar-refractivity contribution < 1.29 is 29.4 Å². The third kappa shape index (κ3) is 7.88. The van der Waals surface area contributed by atoms with Gasteiger partial charge in [0, 0.05) is 6.54 Å². The van der Waals surface area contributed by atoms with Gasteiger partial charge in [0.2, 0.25) is 5.91 Å². The van der Waals surface area contributed by atoms with Crippen LogP contribution in [0.15, 0.2) is 0 Å². The van der Waals surface area contributed by atoms with Crippen LogP contribution in [0, 0.1) is 63.7 Å². The number of aliphatic hydroxyl groups is 1. The van der Waals surface area contributed by atoms with E-state index in [9.17, 15) is 4.79 Å². The minimum Gasteiger partial charge on any atom is -0.395 e. The molecule has 1 amide bonds. The molecule has 0 heterocycles. The summed E-state index contributed by atoms with van der Waals surface area (Å²) in [5.41, 5.74) is 0. The maximum Gasteiger partial charge on any atom is 2.00 e. The molecule has 0 aromatic rings. The molecular formula is C13H15NO2Ru+2. The van der Waals surface area contributed by atoms with Gasteiger partial charge in [0.25, 0.3) is 0 Å². The van der Waals surface area contributed by atoms with Crippen molar-refractivity contribution in [3.63, 3.8) is 0 Å². The second-order valence-electron chi connectivity index (χ2n) is 3.12. The molecule has 17 heavy (non-hydrogen) atoms. The van der Waals surface area contributed by atoms with Crippen LogP contribution in [0.2, 0.25) is 0 Å². The van der Waals surface area contributed by atoms with E-state index < -0.39 is 0 Å². The molecule has 0 aromatic carbocycles. The number of aliphatic hydroxyl groups excluding tert-OH is 1. The first kappa shape index (κ1) is 17.1. The molecule has 0 spiro atoms. The van der Waals surface area contributed by atoms with Crippen LogP contribution >= 0.6 is 0 Å². The van der Waals surface area contributed by atoms with Gasteiger partial charge in [-0.05, 0) is 57.8 Å². The molecule has 2 fully saturated rings. The first-order valence-electron chi connectivity index (χ1n) is 5.12. The largest absolute Gasteiger partial charge is 2.00 e. The molecular weight excluding hydrogens is 303 g/mol. The Labute approximate surface area is 118 Å². The number of hydrogen-bond donors (Lipinski definition) is 2. The summed E-state index contributed by atoms with van der Waals surface area (Å²) in [4.78, 5) is 11.0. The second kappa shape index (κ2) is 11.2. The third-order valence-corrected chi connectivity index (χ3v) is 1.88. The van der Waals surface area contributed by atoms with E-state index in [1.54, 1.807) is 25.7 Å². The van der Waals surface area contributed by atoms with Crippen LogP contribution < -0.4 is 5.32 Å². The van der Waals surface area contributed by atoms with Crippen molar-refractivity contribution in [1.29, 1.82) is 0 Å². The fraction of sp³-hybridized carbons (Fsp3) is 0.154. The maximum absolute atomic E-state index is 11.0. The molecule has 0 saturated heterocycles. The second-order valence-corrected chi connectivity index (χ2v) is 3.12. The minimum atomic E-state index is -0.135. The van der Waals surface area contributed by atoms with Crippen LogP contribution in [0.1, 0.15) is 0 Å². The smallest absolute Gasteiger partial charge is 0.395 e. The van der Waals surface area contributed by atoms with Crippen LogP contribution in [0.25, 0.3) is 0 Å². The SMILES string of the molecule is O=C(NCCO)[C]1[CH][CH][CH][CH]1.[CH]1[CH][CH][CH][CH]1.[Ru+2]. The zero-order valence-electron chi connectivity index (χ0n) is 9.32. The fourth-order valence-electron chi connectivity index (χ4n) is 1.12. The monoisotopic (exact) mass is 319 g/mol. The Bertz CT molecular complexity index is 182. The van der Waals surface area contributed by atoms with Crippen molar-refractivity contribution in [3.8, 4) is 0 Å². The molecule has 2 N–H and O–H groups in total. The Hall–Kier alpha value is 0.0534. The van der Waals surface area contributed by atoms with Crippen molar-refractivity contribution in [2.45, 2.75) is 0 Å². The van der Waals surface area contributed by atoms with Gasteiger partial charge in [0.15, 0.2) is 0 Å². The van der Waals surface area contributed by atoms with E-state index >= 15 is 0 Å². The van der Waals surface area contributed by atoms with Gasteiger partial charge in [0.05, 0.1) is 12.5 Å². The number of carbonyl (C=O) groups is 1. The third-order valence-electron chi connectivity index (χ3n) is 1.88. The molecule has 0 aliphatic heterocycles. The van der Waals surface area contributed by atoms with Crippen LogP contribution in [-0.2, 0) is 24.3 Å². The van der Waals surface area contributed by atoms with Crippen molar-refractivity contribution in [3.05, 3.63) is 63.7 Å². The van der Waals surface area contributed by atoms with E-state index in [4.69, 9.17) is 5.11 Å². The fourth-order valence-corrected chi connectivity index (χ4v) is 1.12. The summed E-state index contributed by atoms with van der Waals surface area (Å²) in [6.45, 7) is 0.288. The van der Waals surface area contributed by atoms with E-state index in [0.29, 0.717) is 12.5 Å². The Morgan fingerprint density at radius 2 is 1.47 bits per heavy atom. The average Bonchev–Trinajstić information content (AvgIpc) is 2.98. The van der Waals surface area contributed by atoms with E-state index in [1.807, 2.05) is 32.1 Å². The minimum absolute atomic E-state index is 0. The zero-order chi connectivity index (χ0) is 11.6. The summed E-state index contributed by atoms with van der Waals surface area (Å²) >= 11 is 0. The van der Waals surface area contributed by atoms with Crippen LogP contribution in [0.4, 0.5) is 0 Å². The quantitative estimate of drug-likeness (QED) is 0.746. The Balaban J connectivity index is 0.000000360. The standard InChI is InChI=1S/C8H10NO2.C5H5.Ru/c10-6-5-9-8(11)7-3-1-2-4-7;1-2-4-5-3-1;/h1-4,10H,5-6H2,(H,9,11);1-5H;/q;;+2. The van der Waals surface area contributed by atoms with E-state index in [0.717, 1.165) is 0 Å². The van der Waals surface area contributed by atoms with Crippen LogP contribution in [0.5, 0.6) is 0 Å². The Kier molecular flexibility index (Phi) is 11.2. The van der Waals surface area contributed by atoms with Crippen molar-refractivity contribution in [1.82, 2.24) is 5.32 Å². The normalized spacial score (nSPS) is 19.1. The average molecular weight is 318 g/mol. The maximum atomic E-state index is 11.0. The molecule has 10 radical (unpaired) electrons. The molecule has 3 nitrogen and oxygen atoms in total. The molecule has 2 aliphatic rings.